The molecule has 5 nitrogen and oxygen atoms in total. The van der Waals surface area contributed by atoms with E-state index < -0.39 is 11.5 Å². The van der Waals surface area contributed by atoms with Crippen LogP contribution in [-0.4, -0.2) is 54.9 Å². The van der Waals surface area contributed by atoms with Gasteiger partial charge in [-0.15, -0.1) is 0 Å². The molecule has 1 unspecified atom stereocenters. The first kappa shape index (κ1) is 16.4. The second-order valence-electron chi connectivity index (χ2n) is 4.35. The number of carbonyl (C=O) groups is 1. The van der Waals surface area contributed by atoms with Gasteiger partial charge in [0.2, 0.25) is 0 Å². The van der Waals surface area contributed by atoms with Crippen LogP contribution in [0.5, 0.6) is 0 Å². The van der Waals surface area contributed by atoms with Gasteiger partial charge in [0.05, 0.1) is 6.61 Å². The minimum Gasteiger partial charge on any atom is -0.480 e. The topological polar surface area (TPSA) is 75.8 Å². The lowest BCUT2D eigenvalue weighted by molar-refractivity contribution is -0.143. The molecule has 0 aromatic heterocycles. The average Bonchev–Trinajstić information content (AvgIpc) is 2.32. The van der Waals surface area contributed by atoms with Crippen molar-refractivity contribution in [3.8, 4) is 0 Å². The number of methoxy groups -OCH3 is 1. The van der Waals surface area contributed by atoms with Crippen molar-refractivity contribution < 1.29 is 14.6 Å². The summed E-state index contributed by atoms with van der Waals surface area (Å²) in [6.07, 6.45) is 1.78. The fraction of sp³-hybridized carbons (Fsp3) is 0.917. The molecule has 0 aromatic rings. The van der Waals surface area contributed by atoms with Crippen LogP contribution in [0.3, 0.4) is 0 Å². The summed E-state index contributed by atoms with van der Waals surface area (Å²) < 4.78 is 5.02. The van der Waals surface area contributed by atoms with Crippen molar-refractivity contribution in [2.24, 2.45) is 5.73 Å². The fourth-order valence-electron chi connectivity index (χ4n) is 1.70. The molecule has 0 spiro atoms. The molecule has 102 valence electrons. The van der Waals surface area contributed by atoms with E-state index in [2.05, 4.69) is 11.8 Å². The molecule has 0 saturated heterocycles. The van der Waals surface area contributed by atoms with Crippen LogP contribution in [0.25, 0.3) is 0 Å². The van der Waals surface area contributed by atoms with Crippen molar-refractivity contribution in [1.29, 1.82) is 0 Å². The highest BCUT2D eigenvalue weighted by Gasteiger charge is 2.31. The Bertz CT molecular complexity index is 224. The first-order chi connectivity index (χ1) is 8.00. The Balaban J connectivity index is 3.97. The minimum absolute atomic E-state index is 0.465. The highest BCUT2D eigenvalue weighted by Crippen LogP contribution is 2.14. The molecule has 0 rings (SSSR count). The summed E-state index contributed by atoms with van der Waals surface area (Å²) in [4.78, 5) is 13.2. The summed E-state index contributed by atoms with van der Waals surface area (Å²) in [5.41, 5.74) is 4.76. The van der Waals surface area contributed by atoms with E-state index in [1.807, 2.05) is 6.92 Å². The van der Waals surface area contributed by atoms with E-state index in [1.54, 1.807) is 7.11 Å². The molecule has 0 aliphatic rings. The molecular weight excluding hydrogens is 220 g/mol. The van der Waals surface area contributed by atoms with Gasteiger partial charge in [-0.05, 0) is 32.4 Å². The van der Waals surface area contributed by atoms with Crippen LogP contribution in [0.2, 0.25) is 0 Å². The van der Waals surface area contributed by atoms with Crippen molar-refractivity contribution >= 4 is 5.97 Å². The smallest absolute Gasteiger partial charge is 0.323 e. The molecule has 0 bridgehead atoms. The Kier molecular flexibility index (Phi) is 8.12. The number of aliphatic carboxylic acids is 1. The third-order valence-corrected chi connectivity index (χ3v) is 3.21. The number of nitrogens with zero attached hydrogens (tertiary/aromatic N) is 1. The summed E-state index contributed by atoms with van der Waals surface area (Å²) in [6, 6.07) is 0. The molecule has 0 aliphatic heterocycles. The van der Waals surface area contributed by atoms with Gasteiger partial charge in [-0.1, -0.05) is 13.8 Å². The number of ether oxygens (including phenoxy) is 1. The highest BCUT2D eigenvalue weighted by molar-refractivity contribution is 5.78. The summed E-state index contributed by atoms with van der Waals surface area (Å²) in [6.45, 7) is 7.29. The number of carboxylic acids is 1. The van der Waals surface area contributed by atoms with E-state index in [0.717, 1.165) is 26.1 Å². The maximum atomic E-state index is 11.0. The molecule has 3 N–H and O–H groups in total. The van der Waals surface area contributed by atoms with E-state index in [1.165, 1.54) is 0 Å². The lowest BCUT2D eigenvalue weighted by Gasteiger charge is -2.25. The van der Waals surface area contributed by atoms with Gasteiger partial charge in [-0.3, -0.25) is 4.79 Å². The van der Waals surface area contributed by atoms with Gasteiger partial charge in [-0.2, -0.15) is 0 Å². The van der Waals surface area contributed by atoms with Gasteiger partial charge in [0.1, 0.15) is 5.54 Å². The van der Waals surface area contributed by atoms with Gasteiger partial charge in [0.25, 0.3) is 0 Å². The summed E-state index contributed by atoms with van der Waals surface area (Å²) in [5.74, 6) is -0.903. The first-order valence-electron chi connectivity index (χ1n) is 6.23. The lowest BCUT2D eigenvalue weighted by atomic mass is 9.92. The van der Waals surface area contributed by atoms with Crippen molar-refractivity contribution in [2.45, 2.75) is 38.6 Å². The third-order valence-electron chi connectivity index (χ3n) is 3.21. The quantitative estimate of drug-likeness (QED) is 0.599. The highest BCUT2D eigenvalue weighted by atomic mass is 16.5. The number of nitrogens with two attached hydrogens (primary N) is 1. The lowest BCUT2D eigenvalue weighted by Crippen LogP contribution is -2.47. The zero-order valence-corrected chi connectivity index (χ0v) is 11.2. The van der Waals surface area contributed by atoms with Crippen LogP contribution in [0.15, 0.2) is 0 Å². The maximum Gasteiger partial charge on any atom is 0.323 e. The Morgan fingerprint density at radius 3 is 2.47 bits per heavy atom. The Labute approximate surface area is 104 Å². The average molecular weight is 246 g/mol. The molecule has 0 amide bonds. The van der Waals surface area contributed by atoms with E-state index in [4.69, 9.17) is 15.6 Å². The molecule has 0 saturated carbocycles. The van der Waals surface area contributed by atoms with Gasteiger partial charge in [0, 0.05) is 13.7 Å². The van der Waals surface area contributed by atoms with Crippen molar-refractivity contribution in [3.63, 3.8) is 0 Å². The second-order valence-corrected chi connectivity index (χ2v) is 4.35. The first-order valence-corrected chi connectivity index (χ1v) is 6.23. The molecular formula is C12H26N2O3. The number of likely N-dealkylation sites (N-methyl/N-ethyl adjacent to an activating group) is 1. The molecule has 0 aromatic carbocycles. The molecule has 0 fully saturated rings. The normalized spacial score (nSPS) is 14.9. The monoisotopic (exact) mass is 246 g/mol. The van der Waals surface area contributed by atoms with E-state index in [-0.39, 0.29) is 0 Å². The molecule has 17 heavy (non-hydrogen) atoms. The van der Waals surface area contributed by atoms with Gasteiger partial charge < -0.3 is 20.5 Å². The Hall–Kier alpha value is -0.650. The van der Waals surface area contributed by atoms with Crippen LogP contribution in [0.4, 0.5) is 0 Å². The van der Waals surface area contributed by atoms with Crippen LogP contribution in [0.1, 0.15) is 33.1 Å². The van der Waals surface area contributed by atoms with Crippen LogP contribution < -0.4 is 5.73 Å². The SMILES string of the molecule is CCN(CCCC(N)(CC)C(=O)O)CCOC. The van der Waals surface area contributed by atoms with Gasteiger partial charge in [0.15, 0.2) is 0 Å². The summed E-state index contributed by atoms with van der Waals surface area (Å²) in [7, 11) is 1.68. The van der Waals surface area contributed by atoms with Crippen molar-refractivity contribution in [3.05, 3.63) is 0 Å². The Morgan fingerprint density at radius 2 is 2.06 bits per heavy atom. The standard InChI is InChI=1S/C12H26N2O3/c1-4-12(13,11(15)16)7-6-8-14(5-2)9-10-17-3/h4-10,13H2,1-3H3,(H,15,16). The third kappa shape index (κ3) is 6.00. The number of hydrogen-bond acceptors (Lipinski definition) is 4. The summed E-state index contributed by atoms with van der Waals surface area (Å²) >= 11 is 0. The van der Waals surface area contributed by atoms with Crippen molar-refractivity contribution in [2.75, 3.05) is 33.4 Å². The van der Waals surface area contributed by atoms with Crippen LogP contribution >= 0.6 is 0 Å². The predicted molar refractivity (Wildman–Crippen MR) is 68.1 cm³/mol. The molecule has 1 atom stereocenters. The fourth-order valence-corrected chi connectivity index (χ4v) is 1.70. The van der Waals surface area contributed by atoms with E-state index >= 15 is 0 Å². The number of rotatable bonds is 10. The number of carboxylic acid groups (broad SMARTS) is 1. The second kappa shape index (κ2) is 8.44. The zero-order valence-electron chi connectivity index (χ0n) is 11.2. The maximum absolute atomic E-state index is 11.0. The summed E-state index contributed by atoms with van der Waals surface area (Å²) in [5, 5.41) is 9.04. The molecule has 0 radical (unpaired) electrons. The number of hydrogen-bond donors (Lipinski definition) is 2. The zero-order chi connectivity index (χ0) is 13.3. The predicted octanol–water partition coefficient (Wildman–Crippen LogP) is 0.927. The van der Waals surface area contributed by atoms with Crippen LogP contribution in [-0.2, 0) is 9.53 Å². The van der Waals surface area contributed by atoms with Crippen molar-refractivity contribution in [1.82, 2.24) is 4.90 Å². The Morgan fingerprint density at radius 1 is 1.41 bits per heavy atom. The van der Waals surface area contributed by atoms with Crippen LogP contribution in [0, 0.1) is 0 Å². The molecule has 0 heterocycles. The largest absolute Gasteiger partial charge is 0.480 e. The van der Waals surface area contributed by atoms with Gasteiger partial charge >= 0.3 is 5.97 Å². The van der Waals surface area contributed by atoms with E-state index in [0.29, 0.717) is 19.4 Å². The van der Waals surface area contributed by atoms with Gasteiger partial charge in [-0.25, -0.2) is 0 Å². The molecule has 5 heteroatoms. The minimum atomic E-state index is -1.07. The van der Waals surface area contributed by atoms with E-state index in [9.17, 15) is 4.79 Å². The molecule has 0 aliphatic carbocycles.